The van der Waals surface area contributed by atoms with Crippen LogP contribution >= 0.6 is 0 Å². The molecule has 152 valence electrons. The number of rotatable bonds is 5. The van der Waals surface area contributed by atoms with Crippen molar-refractivity contribution in [1.82, 2.24) is 4.90 Å². The number of carbonyl (C=O) groups excluding carboxylic acids is 2. The SMILES string of the molecule is N#Cc1ccc(C(=O)O)cc1.N#Cc1ccc(C(=O)OCCN2CCCC2=O)cc1. The number of benzene rings is 2. The number of carboxylic acid groups (broad SMARTS) is 1. The number of carboxylic acids is 1. The first-order valence-electron chi connectivity index (χ1n) is 9.13. The quantitative estimate of drug-likeness (QED) is 0.756. The van der Waals surface area contributed by atoms with E-state index in [9.17, 15) is 14.4 Å². The van der Waals surface area contributed by atoms with Crippen LogP contribution in [0.4, 0.5) is 0 Å². The van der Waals surface area contributed by atoms with Gasteiger partial charge in [0.2, 0.25) is 5.91 Å². The third-order valence-corrected chi connectivity index (χ3v) is 4.28. The van der Waals surface area contributed by atoms with Gasteiger partial charge in [0.05, 0.1) is 40.9 Å². The third kappa shape index (κ3) is 6.47. The van der Waals surface area contributed by atoms with E-state index in [0.717, 1.165) is 13.0 Å². The standard InChI is InChI=1S/C14H14N2O3.C8H5NO2/c15-10-11-3-5-12(6-4-11)14(18)19-9-8-16-7-1-2-13(16)17;9-5-6-1-3-7(4-2-6)8(10)11/h3-6H,1-2,7-9H2;1-4H,(H,10,11). The molecule has 1 saturated heterocycles. The van der Waals surface area contributed by atoms with Crippen LogP contribution in [0, 0.1) is 22.7 Å². The summed E-state index contributed by atoms with van der Waals surface area (Å²) in [5, 5.41) is 25.5. The smallest absolute Gasteiger partial charge is 0.338 e. The zero-order valence-corrected chi connectivity index (χ0v) is 16.1. The molecule has 1 heterocycles. The molecule has 0 unspecified atom stereocenters. The predicted molar refractivity (Wildman–Crippen MR) is 105 cm³/mol. The monoisotopic (exact) mass is 405 g/mol. The molecule has 0 bridgehead atoms. The van der Waals surface area contributed by atoms with Crippen LogP contribution in [-0.4, -0.2) is 47.5 Å². The van der Waals surface area contributed by atoms with Crippen LogP contribution < -0.4 is 0 Å². The van der Waals surface area contributed by atoms with Gasteiger partial charge in [-0.2, -0.15) is 10.5 Å². The van der Waals surface area contributed by atoms with Crippen molar-refractivity contribution in [2.24, 2.45) is 0 Å². The molecule has 0 radical (unpaired) electrons. The van der Waals surface area contributed by atoms with Gasteiger partial charge in [-0.25, -0.2) is 9.59 Å². The first kappa shape index (κ1) is 22.1. The fourth-order valence-electron chi connectivity index (χ4n) is 2.64. The van der Waals surface area contributed by atoms with E-state index in [2.05, 4.69) is 0 Å². The highest BCUT2D eigenvalue weighted by Gasteiger charge is 2.20. The van der Waals surface area contributed by atoms with Crippen molar-refractivity contribution in [2.75, 3.05) is 19.7 Å². The van der Waals surface area contributed by atoms with Gasteiger partial charge in [0.15, 0.2) is 0 Å². The van der Waals surface area contributed by atoms with E-state index in [-0.39, 0.29) is 18.1 Å². The molecule has 0 atom stereocenters. The van der Waals surface area contributed by atoms with E-state index in [1.807, 2.05) is 12.1 Å². The molecule has 8 nitrogen and oxygen atoms in total. The molecule has 8 heteroatoms. The number of carbonyl (C=O) groups is 3. The van der Waals surface area contributed by atoms with E-state index in [4.69, 9.17) is 20.4 Å². The number of hydrogen-bond donors (Lipinski definition) is 1. The Bertz CT molecular complexity index is 985. The fourth-order valence-corrected chi connectivity index (χ4v) is 2.64. The Balaban J connectivity index is 0.000000248. The van der Waals surface area contributed by atoms with Crippen molar-refractivity contribution in [3.63, 3.8) is 0 Å². The maximum atomic E-state index is 11.7. The molecule has 1 N–H and O–H groups in total. The maximum absolute atomic E-state index is 11.7. The highest BCUT2D eigenvalue weighted by Crippen LogP contribution is 2.09. The number of likely N-dealkylation sites (tertiary alicyclic amines) is 1. The maximum Gasteiger partial charge on any atom is 0.338 e. The van der Waals surface area contributed by atoms with E-state index >= 15 is 0 Å². The zero-order valence-electron chi connectivity index (χ0n) is 16.1. The van der Waals surface area contributed by atoms with Gasteiger partial charge >= 0.3 is 11.9 Å². The summed E-state index contributed by atoms with van der Waals surface area (Å²) in [6, 6.07) is 15.9. The summed E-state index contributed by atoms with van der Waals surface area (Å²) in [6.07, 6.45) is 1.46. The van der Waals surface area contributed by atoms with Gasteiger partial charge in [-0.05, 0) is 55.0 Å². The molecule has 2 aromatic rings. The summed E-state index contributed by atoms with van der Waals surface area (Å²) in [7, 11) is 0. The summed E-state index contributed by atoms with van der Waals surface area (Å²) in [5.41, 5.74) is 1.57. The lowest BCUT2D eigenvalue weighted by atomic mass is 10.1. The Morgan fingerprint density at radius 2 is 1.50 bits per heavy atom. The van der Waals surface area contributed by atoms with Gasteiger partial charge in [-0.15, -0.1) is 0 Å². The summed E-state index contributed by atoms with van der Waals surface area (Å²) < 4.78 is 5.10. The van der Waals surface area contributed by atoms with Crippen LogP contribution in [0.25, 0.3) is 0 Å². The highest BCUT2D eigenvalue weighted by molar-refractivity contribution is 5.89. The van der Waals surface area contributed by atoms with Crippen molar-refractivity contribution in [1.29, 1.82) is 10.5 Å². The van der Waals surface area contributed by atoms with Crippen LogP contribution in [-0.2, 0) is 9.53 Å². The van der Waals surface area contributed by atoms with Crippen LogP contribution in [0.2, 0.25) is 0 Å². The minimum absolute atomic E-state index is 0.120. The van der Waals surface area contributed by atoms with Crippen LogP contribution in [0.1, 0.15) is 44.7 Å². The Morgan fingerprint density at radius 1 is 0.967 bits per heavy atom. The zero-order chi connectivity index (χ0) is 21.9. The average Bonchev–Trinajstić information content (AvgIpc) is 3.18. The molecule has 2 aromatic carbocycles. The van der Waals surface area contributed by atoms with Crippen LogP contribution in [0.15, 0.2) is 48.5 Å². The van der Waals surface area contributed by atoms with Crippen molar-refractivity contribution in [2.45, 2.75) is 12.8 Å². The van der Waals surface area contributed by atoms with Crippen molar-refractivity contribution in [3.8, 4) is 12.1 Å². The molecular weight excluding hydrogens is 386 g/mol. The summed E-state index contributed by atoms with van der Waals surface area (Å²) >= 11 is 0. The van der Waals surface area contributed by atoms with E-state index in [0.29, 0.717) is 29.7 Å². The van der Waals surface area contributed by atoms with Gasteiger partial charge in [-0.3, -0.25) is 4.79 Å². The Hall–Kier alpha value is -4.17. The molecule has 0 saturated carbocycles. The van der Waals surface area contributed by atoms with Crippen molar-refractivity contribution >= 4 is 17.8 Å². The molecule has 30 heavy (non-hydrogen) atoms. The minimum atomic E-state index is -0.977. The van der Waals surface area contributed by atoms with Crippen molar-refractivity contribution < 1.29 is 24.2 Å². The first-order valence-corrected chi connectivity index (χ1v) is 9.13. The molecule has 1 aliphatic rings. The summed E-state index contributed by atoms with van der Waals surface area (Å²) in [4.78, 5) is 35.1. The number of nitrogens with zero attached hydrogens (tertiary/aromatic N) is 3. The average molecular weight is 405 g/mol. The lowest BCUT2D eigenvalue weighted by molar-refractivity contribution is -0.128. The topological polar surface area (TPSA) is 131 Å². The molecule has 1 amide bonds. The minimum Gasteiger partial charge on any atom is -0.478 e. The molecule has 0 aliphatic carbocycles. The van der Waals surface area contributed by atoms with Gasteiger partial charge in [0.1, 0.15) is 6.61 Å². The summed E-state index contributed by atoms with van der Waals surface area (Å²) in [6.45, 7) is 1.39. The molecule has 1 aliphatic heterocycles. The normalized spacial score (nSPS) is 12.2. The number of hydrogen-bond acceptors (Lipinski definition) is 6. The summed E-state index contributed by atoms with van der Waals surface area (Å²) in [5.74, 6) is -1.29. The molecule has 3 rings (SSSR count). The largest absolute Gasteiger partial charge is 0.478 e. The Morgan fingerprint density at radius 3 is 1.93 bits per heavy atom. The van der Waals surface area contributed by atoms with E-state index in [1.54, 1.807) is 29.2 Å². The second-order valence-electron chi connectivity index (χ2n) is 6.30. The van der Waals surface area contributed by atoms with Crippen molar-refractivity contribution in [3.05, 3.63) is 70.8 Å². The lowest BCUT2D eigenvalue weighted by Gasteiger charge is -2.15. The number of nitriles is 2. The van der Waals surface area contributed by atoms with Gasteiger partial charge in [0, 0.05) is 13.0 Å². The molecule has 0 aromatic heterocycles. The molecular formula is C22H19N3O5. The Kier molecular flexibility index (Phi) is 8.10. The third-order valence-electron chi connectivity index (χ3n) is 4.28. The number of ether oxygens (including phenoxy) is 1. The van der Waals surface area contributed by atoms with Gasteiger partial charge < -0.3 is 14.7 Å². The van der Waals surface area contributed by atoms with Crippen LogP contribution in [0.3, 0.4) is 0 Å². The highest BCUT2D eigenvalue weighted by atomic mass is 16.5. The van der Waals surface area contributed by atoms with Gasteiger partial charge in [-0.1, -0.05) is 0 Å². The molecule has 0 spiro atoms. The number of amides is 1. The number of aromatic carboxylic acids is 1. The predicted octanol–water partition coefficient (Wildman–Crippen LogP) is 2.59. The molecule has 1 fully saturated rings. The second-order valence-corrected chi connectivity index (χ2v) is 6.30. The lowest BCUT2D eigenvalue weighted by Crippen LogP contribution is -2.29. The van der Waals surface area contributed by atoms with Gasteiger partial charge in [0.25, 0.3) is 0 Å². The van der Waals surface area contributed by atoms with E-state index < -0.39 is 11.9 Å². The Labute approximate surface area is 173 Å². The van der Waals surface area contributed by atoms with Crippen LogP contribution in [0.5, 0.6) is 0 Å². The first-order chi connectivity index (χ1) is 14.4. The second kappa shape index (κ2) is 11.0. The number of esters is 1. The fraction of sp³-hybridized carbons (Fsp3) is 0.227. The van der Waals surface area contributed by atoms with E-state index in [1.165, 1.54) is 24.3 Å².